The summed E-state index contributed by atoms with van der Waals surface area (Å²) in [5.74, 6) is -0.745. The standard InChI is InChI=1S/C13H18N2O4S/c1-19-13(18)11(7-20)15-12(17)10(14)6-8-2-4-9(16)5-3-8/h2-5,10-11,16,20H,6-7,14H2,1H3,(H,15,17)/t10-,11-/m0/s1. The third kappa shape index (κ3) is 4.75. The van der Waals surface area contributed by atoms with Crippen LogP contribution < -0.4 is 11.1 Å². The van der Waals surface area contributed by atoms with Crippen molar-refractivity contribution in [2.24, 2.45) is 5.73 Å². The number of aromatic hydroxyl groups is 1. The number of carbonyl (C=O) groups excluding carboxylic acids is 2. The number of benzene rings is 1. The molecular weight excluding hydrogens is 280 g/mol. The number of thiol groups is 1. The molecule has 110 valence electrons. The van der Waals surface area contributed by atoms with Crippen LogP contribution in [0.15, 0.2) is 24.3 Å². The Morgan fingerprint density at radius 3 is 2.50 bits per heavy atom. The van der Waals surface area contributed by atoms with Crippen LogP contribution in [0.1, 0.15) is 5.56 Å². The van der Waals surface area contributed by atoms with Crippen molar-refractivity contribution in [3.05, 3.63) is 29.8 Å². The third-order valence-electron chi connectivity index (χ3n) is 2.71. The van der Waals surface area contributed by atoms with Gasteiger partial charge >= 0.3 is 5.97 Å². The molecule has 0 bridgehead atoms. The summed E-state index contributed by atoms with van der Waals surface area (Å²) in [6, 6.07) is 4.78. The first-order valence-electron chi connectivity index (χ1n) is 6.00. The molecule has 0 spiro atoms. The minimum Gasteiger partial charge on any atom is -0.508 e. The summed E-state index contributed by atoms with van der Waals surface area (Å²) in [4.78, 5) is 23.2. The molecule has 0 unspecified atom stereocenters. The lowest BCUT2D eigenvalue weighted by atomic mass is 10.1. The lowest BCUT2D eigenvalue weighted by molar-refractivity contribution is -0.144. The van der Waals surface area contributed by atoms with Crippen LogP contribution in [-0.4, -0.2) is 41.9 Å². The molecule has 0 saturated heterocycles. The highest BCUT2D eigenvalue weighted by Crippen LogP contribution is 2.11. The van der Waals surface area contributed by atoms with Crippen molar-refractivity contribution in [1.29, 1.82) is 0 Å². The van der Waals surface area contributed by atoms with Crippen molar-refractivity contribution in [1.82, 2.24) is 5.32 Å². The molecular formula is C13H18N2O4S. The quantitative estimate of drug-likeness (QED) is 0.432. The largest absolute Gasteiger partial charge is 0.508 e. The summed E-state index contributed by atoms with van der Waals surface area (Å²) in [5, 5.41) is 11.7. The zero-order valence-electron chi connectivity index (χ0n) is 11.1. The van der Waals surface area contributed by atoms with Crippen molar-refractivity contribution >= 4 is 24.5 Å². The van der Waals surface area contributed by atoms with E-state index in [4.69, 9.17) is 10.8 Å². The SMILES string of the molecule is COC(=O)[C@H](CS)NC(=O)[C@@H](N)Cc1ccc(O)cc1. The molecule has 2 atom stereocenters. The van der Waals surface area contributed by atoms with E-state index in [-0.39, 0.29) is 11.5 Å². The molecule has 1 aromatic rings. The summed E-state index contributed by atoms with van der Waals surface area (Å²) in [6.07, 6.45) is 0.298. The molecule has 1 aromatic carbocycles. The van der Waals surface area contributed by atoms with Crippen molar-refractivity contribution in [2.45, 2.75) is 18.5 Å². The van der Waals surface area contributed by atoms with Crippen LogP contribution in [0.25, 0.3) is 0 Å². The number of nitrogens with two attached hydrogens (primary N) is 1. The number of carbonyl (C=O) groups is 2. The number of esters is 1. The van der Waals surface area contributed by atoms with E-state index in [0.29, 0.717) is 6.42 Å². The Morgan fingerprint density at radius 1 is 1.40 bits per heavy atom. The minimum atomic E-state index is -0.818. The Bertz CT molecular complexity index is 464. The highest BCUT2D eigenvalue weighted by molar-refractivity contribution is 7.80. The second-order valence-electron chi connectivity index (χ2n) is 4.24. The molecule has 0 radical (unpaired) electrons. The van der Waals surface area contributed by atoms with E-state index in [1.54, 1.807) is 12.1 Å². The van der Waals surface area contributed by atoms with Gasteiger partial charge in [0.05, 0.1) is 13.2 Å². The number of phenolic OH excluding ortho intramolecular Hbond substituents is 1. The Labute approximate surface area is 122 Å². The Morgan fingerprint density at radius 2 is 2.00 bits per heavy atom. The lowest BCUT2D eigenvalue weighted by Gasteiger charge is -2.17. The Kier molecular flexibility index (Phi) is 6.33. The van der Waals surface area contributed by atoms with Gasteiger partial charge in [0, 0.05) is 5.75 Å². The molecule has 6 nitrogen and oxygen atoms in total. The van der Waals surface area contributed by atoms with Crippen LogP contribution in [0.5, 0.6) is 5.75 Å². The molecule has 0 aliphatic carbocycles. The van der Waals surface area contributed by atoms with Crippen LogP contribution >= 0.6 is 12.6 Å². The van der Waals surface area contributed by atoms with Gasteiger partial charge in [-0.15, -0.1) is 0 Å². The van der Waals surface area contributed by atoms with Gasteiger partial charge < -0.3 is 20.9 Å². The second-order valence-corrected chi connectivity index (χ2v) is 4.61. The molecule has 20 heavy (non-hydrogen) atoms. The van der Waals surface area contributed by atoms with Gasteiger partial charge in [0.1, 0.15) is 11.8 Å². The number of hydrogen-bond donors (Lipinski definition) is 4. The maximum absolute atomic E-state index is 11.9. The maximum Gasteiger partial charge on any atom is 0.329 e. The van der Waals surface area contributed by atoms with Crippen molar-refractivity contribution in [3.8, 4) is 5.75 Å². The molecule has 1 rings (SSSR count). The average molecular weight is 298 g/mol. The summed E-state index contributed by atoms with van der Waals surface area (Å²) < 4.78 is 4.54. The fourth-order valence-electron chi connectivity index (χ4n) is 1.58. The van der Waals surface area contributed by atoms with Gasteiger partial charge in [0.2, 0.25) is 5.91 Å². The lowest BCUT2D eigenvalue weighted by Crippen LogP contribution is -2.50. The van der Waals surface area contributed by atoms with Crippen molar-refractivity contribution < 1.29 is 19.4 Å². The first-order chi connectivity index (χ1) is 9.47. The average Bonchev–Trinajstić information content (AvgIpc) is 2.45. The highest BCUT2D eigenvalue weighted by Gasteiger charge is 2.23. The molecule has 4 N–H and O–H groups in total. The van der Waals surface area contributed by atoms with Gasteiger partial charge in [-0.3, -0.25) is 4.79 Å². The fraction of sp³-hybridized carbons (Fsp3) is 0.385. The van der Waals surface area contributed by atoms with Crippen LogP contribution in [0.2, 0.25) is 0 Å². The minimum absolute atomic E-state index is 0.129. The van der Waals surface area contributed by atoms with E-state index in [1.807, 2.05) is 0 Å². The molecule has 0 aliphatic rings. The monoisotopic (exact) mass is 298 g/mol. The molecule has 0 aliphatic heterocycles. The van der Waals surface area contributed by atoms with E-state index < -0.39 is 24.0 Å². The molecule has 0 fully saturated rings. The Balaban J connectivity index is 2.58. The number of methoxy groups -OCH3 is 1. The van der Waals surface area contributed by atoms with Crippen molar-refractivity contribution in [3.63, 3.8) is 0 Å². The summed E-state index contributed by atoms with van der Waals surface area (Å²) >= 11 is 3.98. The second kappa shape index (κ2) is 7.76. The number of phenols is 1. The Hall–Kier alpha value is -1.73. The van der Waals surface area contributed by atoms with E-state index in [0.717, 1.165) is 5.56 Å². The number of ether oxygens (including phenoxy) is 1. The van der Waals surface area contributed by atoms with Gasteiger partial charge in [-0.2, -0.15) is 12.6 Å². The number of hydrogen-bond acceptors (Lipinski definition) is 6. The van der Waals surface area contributed by atoms with E-state index >= 15 is 0 Å². The summed E-state index contributed by atoms with van der Waals surface area (Å²) in [5.41, 5.74) is 6.59. The normalized spacial score (nSPS) is 13.3. The van der Waals surface area contributed by atoms with Gasteiger partial charge in [-0.25, -0.2) is 4.79 Å². The van der Waals surface area contributed by atoms with Crippen LogP contribution in [0.3, 0.4) is 0 Å². The zero-order chi connectivity index (χ0) is 15.1. The molecule has 1 amide bonds. The zero-order valence-corrected chi connectivity index (χ0v) is 12.0. The van der Waals surface area contributed by atoms with E-state index in [1.165, 1.54) is 19.2 Å². The summed E-state index contributed by atoms with van der Waals surface area (Å²) in [6.45, 7) is 0. The van der Waals surface area contributed by atoms with Gasteiger partial charge in [0.15, 0.2) is 0 Å². The topological polar surface area (TPSA) is 102 Å². The van der Waals surface area contributed by atoms with Gasteiger partial charge in [-0.1, -0.05) is 12.1 Å². The van der Waals surface area contributed by atoms with Crippen molar-refractivity contribution in [2.75, 3.05) is 12.9 Å². The van der Waals surface area contributed by atoms with E-state index in [2.05, 4.69) is 22.7 Å². The smallest absolute Gasteiger partial charge is 0.329 e. The predicted molar refractivity (Wildman–Crippen MR) is 77.6 cm³/mol. The van der Waals surface area contributed by atoms with Crippen LogP contribution in [-0.2, 0) is 20.7 Å². The van der Waals surface area contributed by atoms with Gasteiger partial charge in [0.25, 0.3) is 0 Å². The predicted octanol–water partition coefficient (Wildman–Crippen LogP) is -0.150. The molecule has 0 aromatic heterocycles. The fourth-order valence-corrected chi connectivity index (χ4v) is 1.82. The maximum atomic E-state index is 11.9. The third-order valence-corrected chi connectivity index (χ3v) is 3.08. The van der Waals surface area contributed by atoms with Gasteiger partial charge in [-0.05, 0) is 24.1 Å². The number of amides is 1. The summed E-state index contributed by atoms with van der Waals surface area (Å²) in [7, 11) is 1.24. The molecule has 0 saturated carbocycles. The molecule has 7 heteroatoms. The first kappa shape index (κ1) is 16.3. The van der Waals surface area contributed by atoms with E-state index in [9.17, 15) is 9.59 Å². The molecule has 0 heterocycles. The highest BCUT2D eigenvalue weighted by atomic mass is 32.1. The van der Waals surface area contributed by atoms with Crippen LogP contribution in [0.4, 0.5) is 0 Å². The number of nitrogens with one attached hydrogen (secondary N) is 1. The number of rotatable bonds is 6. The van der Waals surface area contributed by atoms with Crippen LogP contribution in [0, 0.1) is 0 Å². The first-order valence-corrected chi connectivity index (χ1v) is 6.63.